The number of nitrogens with one attached hydrogen (secondary N) is 1. The highest BCUT2D eigenvalue weighted by molar-refractivity contribution is 6.31. The molecule has 4 nitrogen and oxygen atoms in total. The standard InChI is InChI=1S/C11H14ClN3O/c12-10-6-14-4-2-9(10)8-15-5-1-3-13-7-11(15)16/h2,4,6,13H,1,3,5,7-8H2. The molecule has 1 aliphatic heterocycles. The molecule has 0 atom stereocenters. The Balaban J connectivity index is 2.08. The van der Waals surface area contributed by atoms with E-state index in [0.717, 1.165) is 25.1 Å². The largest absolute Gasteiger partial charge is 0.337 e. The topological polar surface area (TPSA) is 45.2 Å². The molecule has 0 spiro atoms. The van der Waals surface area contributed by atoms with Crippen LogP contribution in [0.4, 0.5) is 0 Å². The molecule has 5 heteroatoms. The van der Waals surface area contributed by atoms with Crippen LogP contribution in [0.3, 0.4) is 0 Å². The van der Waals surface area contributed by atoms with Gasteiger partial charge >= 0.3 is 0 Å². The summed E-state index contributed by atoms with van der Waals surface area (Å²) in [4.78, 5) is 17.5. The molecule has 0 saturated carbocycles. The molecular weight excluding hydrogens is 226 g/mol. The molecule has 2 rings (SSSR count). The number of hydrogen-bond donors (Lipinski definition) is 1. The van der Waals surface area contributed by atoms with E-state index in [2.05, 4.69) is 10.3 Å². The molecule has 0 aliphatic carbocycles. The first kappa shape index (κ1) is 11.4. The number of rotatable bonds is 2. The van der Waals surface area contributed by atoms with Gasteiger partial charge in [0.05, 0.1) is 11.6 Å². The van der Waals surface area contributed by atoms with Crippen molar-refractivity contribution in [3.8, 4) is 0 Å². The zero-order chi connectivity index (χ0) is 11.4. The van der Waals surface area contributed by atoms with E-state index >= 15 is 0 Å². The van der Waals surface area contributed by atoms with Crippen molar-refractivity contribution in [2.45, 2.75) is 13.0 Å². The molecule has 1 N–H and O–H groups in total. The highest BCUT2D eigenvalue weighted by Gasteiger charge is 2.17. The van der Waals surface area contributed by atoms with Crippen LogP contribution in [0.5, 0.6) is 0 Å². The normalized spacial score (nSPS) is 17.3. The maximum atomic E-state index is 11.7. The fourth-order valence-corrected chi connectivity index (χ4v) is 1.91. The van der Waals surface area contributed by atoms with Gasteiger partial charge in [0, 0.05) is 25.5 Å². The van der Waals surface area contributed by atoms with Gasteiger partial charge in [0.25, 0.3) is 0 Å². The van der Waals surface area contributed by atoms with Crippen LogP contribution in [0.1, 0.15) is 12.0 Å². The van der Waals surface area contributed by atoms with Crippen LogP contribution in [-0.2, 0) is 11.3 Å². The molecule has 1 saturated heterocycles. The molecule has 0 radical (unpaired) electrons. The van der Waals surface area contributed by atoms with E-state index in [0.29, 0.717) is 18.1 Å². The van der Waals surface area contributed by atoms with Gasteiger partial charge in [-0.2, -0.15) is 0 Å². The summed E-state index contributed by atoms with van der Waals surface area (Å²) in [5.74, 6) is 0.130. The maximum absolute atomic E-state index is 11.7. The van der Waals surface area contributed by atoms with Gasteiger partial charge in [0.15, 0.2) is 0 Å². The molecule has 86 valence electrons. The van der Waals surface area contributed by atoms with Crippen LogP contribution in [0.2, 0.25) is 5.02 Å². The number of carbonyl (C=O) groups excluding carboxylic acids is 1. The fourth-order valence-electron chi connectivity index (χ4n) is 1.73. The Labute approximate surface area is 99.6 Å². The summed E-state index contributed by atoms with van der Waals surface area (Å²) < 4.78 is 0. The Hall–Kier alpha value is -1.13. The number of aromatic nitrogens is 1. The zero-order valence-corrected chi connectivity index (χ0v) is 9.70. The Morgan fingerprint density at radius 1 is 1.56 bits per heavy atom. The van der Waals surface area contributed by atoms with Gasteiger partial charge in [-0.25, -0.2) is 0 Å². The minimum Gasteiger partial charge on any atom is -0.337 e. The molecule has 1 aromatic heterocycles. The molecule has 1 amide bonds. The molecule has 0 unspecified atom stereocenters. The number of hydrogen-bond acceptors (Lipinski definition) is 3. The van der Waals surface area contributed by atoms with Crippen LogP contribution >= 0.6 is 11.6 Å². The molecule has 1 aliphatic rings. The monoisotopic (exact) mass is 239 g/mol. The summed E-state index contributed by atoms with van der Waals surface area (Å²) in [6.07, 6.45) is 4.29. The number of amides is 1. The third kappa shape index (κ3) is 2.71. The molecular formula is C11H14ClN3O. The molecule has 1 aromatic rings. The number of nitrogens with zero attached hydrogens (tertiary/aromatic N) is 2. The van der Waals surface area contributed by atoms with Crippen LogP contribution < -0.4 is 5.32 Å². The van der Waals surface area contributed by atoms with Gasteiger partial charge in [-0.05, 0) is 24.6 Å². The van der Waals surface area contributed by atoms with Crippen molar-refractivity contribution in [3.05, 3.63) is 29.0 Å². The molecule has 0 bridgehead atoms. The Morgan fingerprint density at radius 3 is 3.25 bits per heavy atom. The van der Waals surface area contributed by atoms with E-state index in [9.17, 15) is 4.79 Å². The summed E-state index contributed by atoms with van der Waals surface area (Å²) >= 11 is 6.02. The van der Waals surface area contributed by atoms with Crippen molar-refractivity contribution in [3.63, 3.8) is 0 Å². The Kier molecular flexibility index (Phi) is 3.74. The average molecular weight is 240 g/mol. The Morgan fingerprint density at radius 2 is 2.44 bits per heavy atom. The second-order valence-electron chi connectivity index (χ2n) is 3.81. The zero-order valence-electron chi connectivity index (χ0n) is 8.95. The number of pyridine rings is 1. The van der Waals surface area contributed by atoms with Crippen LogP contribution in [0, 0.1) is 0 Å². The van der Waals surface area contributed by atoms with Crippen LogP contribution in [0.15, 0.2) is 18.5 Å². The lowest BCUT2D eigenvalue weighted by atomic mass is 10.2. The lowest BCUT2D eigenvalue weighted by Gasteiger charge is -2.20. The van der Waals surface area contributed by atoms with Gasteiger partial charge in [-0.3, -0.25) is 9.78 Å². The van der Waals surface area contributed by atoms with Crippen molar-refractivity contribution in [2.24, 2.45) is 0 Å². The van der Waals surface area contributed by atoms with Gasteiger partial charge < -0.3 is 10.2 Å². The summed E-state index contributed by atoms with van der Waals surface area (Å²) in [6.45, 7) is 2.67. The molecule has 2 heterocycles. The smallest absolute Gasteiger partial charge is 0.236 e. The second-order valence-corrected chi connectivity index (χ2v) is 4.22. The van der Waals surface area contributed by atoms with Crippen molar-refractivity contribution in [1.82, 2.24) is 15.2 Å². The number of carbonyl (C=O) groups is 1. The van der Waals surface area contributed by atoms with Crippen LogP contribution in [0.25, 0.3) is 0 Å². The van der Waals surface area contributed by atoms with E-state index in [1.54, 1.807) is 12.4 Å². The maximum Gasteiger partial charge on any atom is 0.236 e. The lowest BCUT2D eigenvalue weighted by molar-refractivity contribution is -0.130. The minimum atomic E-state index is 0.130. The minimum absolute atomic E-state index is 0.130. The van der Waals surface area contributed by atoms with E-state index in [4.69, 9.17) is 11.6 Å². The van der Waals surface area contributed by atoms with E-state index in [1.807, 2.05) is 11.0 Å². The molecule has 16 heavy (non-hydrogen) atoms. The SMILES string of the molecule is O=C1CNCCCN1Cc1ccncc1Cl. The quantitative estimate of drug-likeness (QED) is 0.840. The first-order chi connectivity index (χ1) is 7.77. The highest BCUT2D eigenvalue weighted by Crippen LogP contribution is 2.16. The third-order valence-corrected chi connectivity index (χ3v) is 2.97. The van der Waals surface area contributed by atoms with E-state index in [-0.39, 0.29) is 5.91 Å². The molecule has 0 aromatic carbocycles. The first-order valence-corrected chi connectivity index (χ1v) is 5.72. The Bertz CT molecular complexity index is 383. The predicted octanol–water partition coefficient (Wildman–Crippen LogP) is 1.06. The third-order valence-electron chi connectivity index (χ3n) is 2.63. The summed E-state index contributed by atoms with van der Waals surface area (Å²) in [5, 5.41) is 3.71. The van der Waals surface area contributed by atoms with E-state index in [1.165, 1.54) is 0 Å². The second kappa shape index (κ2) is 5.27. The average Bonchev–Trinajstić information content (AvgIpc) is 2.48. The van der Waals surface area contributed by atoms with Gasteiger partial charge in [-0.15, -0.1) is 0 Å². The summed E-state index contributed by atoms with van der Waals surface area (Å²) in [5.41, 5.74) is 0.951. The number of halogens is 1. The summed E-state index contributed by atoms with van der Waals surface area (Å²) in [7, 11) is 0. The van der Waals surface area contributed by atoms with Gasteiger partial charge in [-0.1, -0.05) is 11.6 Å². The van der Waals surface area contributed by atoms with Crippen LogP contribution in [-0.4, -0.2) is 35.4 Å². The predicted molar refractivity (Wildman–Crippen MR) is 62.2 cm³/mol. The van der Waals surface area contributed by atoms with Crippen molar-refractivity contribution < 1.29 is 4.79 Å². The van der Waals surface area contributed by atoms with Crippen molar-refractivity contribution in [2.75, 3.05) is 19.6 Å². The van der Waals surface area contributed by atoms with Crippen molar-refractivity contribution >= 4 is 17.5 Å². The van der Waals surface area contributed by atoms with Crippen molar-refractivity contribution in [1.29, 1.82) is 0 Å². The van der Waals surface area contributed by atoms with Gasteiger partial charge in [0.1, 0.15) is 0 Å². The van der Waals surface area contributed by atoms with Gasteiger partial charge in [0.2, 0.25) is 5.91 Å². The first-order valence-electron chi connectivity index (χ1n) is 5.34. The highest BCUT2D eigenvalue weighted by atomic mass is 35.5. The van der Waals surface area contributed by atoms with E-state index < -0.39 is 0 Å². The lowest BCUT2D eigenvalue weighted by Crippen LogP contribution is -2.34. The summed E-state index contributed by atoms with van der Waals surface area (Å²) in [6, 6.07) is 1.86. The molecule has 1 fully saturated rings. The fraction of sp³-hybridized carbons (Fsp3) is 0.455.